The maximum atomic E-state index is 13.1. The van der Waals surface area contributed by atoms with Crippen molar-refractivity contribution in [2.24, 2.45) is 5.92 Å². The number of unbranched alkanes of at least 4 members (excludes halogenated alkanes) is 4. The predicted octanol–water partition coefficient (Wildman–Crippen LogP) is 6.43. The third-order valence-electron chi connectivity index (χ3n) is 7.15. The summed E-state index contributed by atoms with van der Waals surface area (Å²) < 4.78 is 11.3. The minimum Gasteiger partial charge on any atom is -0.484 e. The minimum atomic E-state index is -0.947. The molecule has 0 spiro atoms. The second kappa shape index (κ2) is 16.6. The lowest BCUT2D eigenvalue weighted by atomic mass is 9.89. The first kappa shape index (κ1) is 29.2. The van der Waals surface area contributed by atoms with Gasteiger partial charge in [-0.15, -0.1) is 0 Å². The second-order valence-corrected chi connectivity index (χ2v) is 9.84. The molecule has 1 unspecified atom stereocenters. The molecule has 6 nitrogen and oxygen atoms in total. The van der Waals surface area contributed by atoms with Gasteiger partial charge in [-0.1, -0.05) is 70.9 Å². The Kier molecular flexibility index (Phi) is 13.8. The highest BCUT2D eigenvalue weighted by Crippen LogP contribution is 2.28. The Bertz CT molecular complexity index is 729. The predicted molar refractivity (Wildman–Crippen MR) is 140 cm³/mol. The smallest absolute Gasteiger partial charge is 0.333 e. The van der Waals surface area contributed by atoms with E-state index in [4.69, 9.17) is 9.47 Å². The fourth-order valence-electron chi connectivity index (χ4n) is 5.12. The number of nitrogens with zero attached hydrogens (tertiary/aromatic N) is 1. The first-order valence-electron chi connectivity index (χ1n) is 13.8. The maximum absolute atomic E-state index is 13.1. The summed E-state index contributed by atoms with van der Waals surface area (Å²) >= 11 is 0. The molecule has 0 radical (unpaired) electrons. The summed E-state index contributed by atoms with van der Waals surface area (Å²) in [6.07, 6.45) is 12.0. The molecule has 0 saturated heterocycles. The maximum Gasteiger partial charge on any atom is 0.333 e. The number of rotatable bonds is 17. The molecular formula is C29H47NO5. The molecule has 6 heteroatoms. The molecule has 1 aliphatic carbocycles. The number of amides is 1. The fraction of sp³-hybridized carbons (Fsp3) is 0.724. The second-order valence-electron chi connectivity index (χ2n) is 9.84. The van der Waals surface area contributed by atoms with E-state index in [1.807, 2.05) is 36.1 Å². The molecule has 1 aliphatic rings. The highest BCUT2D eigenvalue weighted by Gasteiger charge is 2.28. The Morgan fingerprint density at radius 3 is 2.29 bits per heavy atom. The van der Waals surface area contributed by atoms with Crippen molar-refractivity contribution >= 4 is 11.9 Å². The van der Waals surface area contributed by atoms with Crippen LogP contribution in [-0.4, -0.2) is 54.3 Å². The van der Waals surface area contributed by atoms with Gasteiger partial charge >= 0.3 is 5.97 Å². The van der Waals surface area contributed by atoms with E-state index in [0.29, 0.717) is 24.7 Å². The van der Waals surface area contributed by atoms with E-state index in [9.17, 15) is 14.7 Å². The van der Waals surface area contributed by atoms with Gasteiger partial charge in [0, 0.05) is 25.6 Å². The van der Waals surface area contributed by atoms with E-state index < -0.39 is 12.1 Å². The summed E-state index contributed by atoms with van der Waals surface area (Å²) in [7, 11) is 0. The van der Waals surface area contributed by atoms with Crippen LogP contribution in [0.4, 0.5) is 0 Å². The van der Waals surface area contributed by atoms with Crippen LogP contribution in [0.15, 0.2) is 24.3 Å². The van der Waals surface area contributed by atoms with Crippen LogP contribution < -0.4 is 4.74 Å². The molecule has 0 aliphatic heterocycles. The number of benzene rings is 1. The Morgan fingerprint density at radius 1 is 1.00 bits per heavy atom. The van der Waals surface area contributed by atoms with E-state index in [2.05, 4.69) is 6.92 Å². The number of carboxylic acids is 1. The Hall–Kier alpha value is -2.08. The molecule has 1 aromatic carbocycles. The molecule has 0 bridgehead atoms. The van der Waals surface area contributed by atoms with Gasteiger partial charge in [-0.05, 0) is 56.2 Å². The fourth-order valence-corrected chi connectivity index (χ4v) is 5.12. The largest absolute Gasteiger partial charge is 0.484 e. The van der Waals surface area contributed by atoms with Gasteiger partial charge in [-0.25, -0.2) is 4.79 Å². The third-order valence-corrected chi connectivity index (χ3v) is 7.15. The molecule has 1 N–H and O–H groups in total. The van der Waals surface area contributed by atoms with Crippen LogP contribution in [0.1, 0.15) is 103 Å². The topological polar surface area (TPSA) is 76.1 Å². The van der Waals surface area contributed by atoms with Crippen molar-refractivity contribution in [2.75, 3.05) is 26.3 Å². The minimum absolute atomic E-state index is 0.0366. The van der Waals surface area contributed by atoms with Crippen LogP contribution in [0.2, 0.25) is 0 Å². The zero-order chi connectivity index (χ0) is 25.5. The van der Waals surface area contributed by atoms with E-state index in [1.54, 1.807) is 6.92 Å². The third kappa shape index (κ3) is 10.2. The Labute approximate surface area is 212 Å². The number of carboxylic acid groups (broad SMARTS) is 1. The summed E-state index contributed by atoms with van der Waals surface area (Å²) in [6, 6.07) is 7.42. The number of carbonyl (C=O) groups is 2. The molecule has 1 saturated carbocycles. The van der Waals surface area contributed by atoms with Crippen LogP contribution in [0.5, 0.6) is 5.75 Å². The molecule has 35 heavy (non-hydrogen) atoms. The van der Waals surface area contributed by atoms with Crippen LogP contribution in [0.3, 0.4) is 0 Å². The van der Waals surface area contributed by atoms with Crippen LogP contribution in [-0.2, 0) is 14.3 Å². The van der Waals surface area contributed by atoms with Crippen LogP contribution in [0, 0.1) is 5.92 Å². The SMILES string of the molecule is CCCCCCCN(CC1CCCCC1)C(=O)COc1ccc(C(CC)[C@H](OCC)C(=O)O)cc1. The lowest BCUT2D eigenvalue weighted by Gasteiger charge is -2.30. The Morgan fingerprint density at radius 2 is 1.69 bits per heavy atom. The van der Waals surface area contributed by atoms with Crippen molar-refractivity contribution in [3.8, 4) is 5.75 Å². The molecule has 1 aromatic rings. The standard InChI is InChI=1S/C29H47NO5/c1-4-7-8-9-13-20-30(21-23-14-11-10-12-15-23)27(31)22-35-25-18-16-24(17-19-25)26(5-2)28(29(32)33)34-6-3/h16-19,23,26,28H,4-15,20-22H2,1-3H3,(H,32,33)/t26?,28-/m0/s1. The molecule has 0 heterocycles. The van der Waals surface area contributed by atoms with Gasteiger partial charge in [0.2, 0.25) is 0 Å². The zero-order valence-corrected chi connectivity index (χ0v) is 22.2. The Balaban J connectivity index is 1.94. The molecule has 198 valence electrons. The van der Waals surface area contributed by atoms with Gasteiger partial charge in [0.15, 0.2) is 12.7 Å². The van der Waals surface area contributed by atoms with Gasteiger partial charge in [0.1, 0.15) is 5.75 Å². The number of hydrogen-bond donors (Lipinski definition) is 1. The number of hydrogen-bond acceptors (Lipinski definition) is 4. The highest BCUT2D eigenvalue weighted by atomic mass is 16.5. The van der Waals surface area contributed by atoms with Crippen molar-refractivity contribution in [3.63, 3.8) is 0 Å². The van der Waals surface area contributed by atoms with E-state index in [1.165, 1.54) is 57.8 Å². The lowest BCUT2D eigenvalue weighted by Crippen LogP contribution is -2.39. The average Bonchev–Trinajstić information content (AvgIpc) is 2.87. The highest BCUT2D eigenvalue weighted by molar-refractivity contribution is 5.77. The lowest BCUT2D eigenvalue weighted by molar-refractivity contribution is -0.151. The van der Waals surface area contributed by atoms with Gasteiger partial charge in [0.25, 0.3) is 5.91 Å². The molecule has 2 rings (SSSR count). The monoisotopic (exact) mass is 489 g/mol. The van der Waals surface area contributed by atoms with Crippen LogP contribution in [0.25, 0.3) is 0 Å². The normalized spacial score (nSPS) is 16.0. The molecule has 1 amide bonds. The first-order valence-corrected chi connectivity index (χ1v) is 13.8. The van der Waals surface area contributed by atoms with Crippen molar-refractivity contribution in [3.05, 3.63) is 29.8 Å². The zero-order valence-electron chi connectivity index (χ0n) is 22.2. The van der Waals surface area contributed by atoms with E-state index in [0.717, 1.165) is 25.1 Å². The van der Waals surface area contributed by atoms with E-state index >= 15 is 0 Å². The quantitative estimate of drug-likeness (QED) is 0.255. The molecule has 2 atom stereocenters. The number of carbonyl (C=O) groups excluding carboxylic acids is 1. The number of ether oxygens (including phenoxy) is 2. The van der Waals surface area contributed by atoms with Crippen molar-refractivity contribution < 1.29 is 24.2 Å². The van der Waals surface area contributed by atoms with Gasteiger partial charge in [0.05, 0.1) is 0 Å². The van der Waals surface area contributed by atoms with Crippen LogP contribution >= 0.6 is 0 Å². The first-order chi connectivity index (χ1) is 17.0. The summed E-state index contributed by atoms with van der Waals surface area (Å²) in [5.41, 5.74) is 0.901. The van der Waals surface area contributed by atoms with Crippen molar-refractivity contribution in [2.45, 2.75) is 103 Å². The summed E-state index contributed by atoms with van der Waals surface area (Å²) in [6.45, 7) is 8.04. The molecular weight excluding hydrogens is 442 g/mol. The number of aliphatic carboxylic acids is 1. The average molecular weight is 490 g/mol. The molecule has 0 aromatic heterocycles. The van der Waals surface area contributed by atoms with Gasteiger partial charge < -0.3 is 19.5 Å². The summed E-state index contributed by atoms with van der Waals surface area (Å²) in [5, 5.41) is 9.55. The summed E-state index contributed by atoms with van der Waals surface area (Å²) in [5.74, 6) is 0.116. The van der Waals surface area contributed by atoms with Crippen molar-refractivity contribution in [1.29, 1.82) is 0 Å². The summed E-state index contributed by atoms with van der Waals surface area (Å²) in [4.78, 5) is 26.8. The van der Waals surface area contributed by atoms with Crippen molar-refractivity contribution in [1.82, 2.24) is 4.90 Å². The molecule has 1 fully saturated rings. The van der Waals surface area contributed by atoms with Gasteiger partial charge in [-0.3, -0.25) is 4.79 Å². The van der Waals surface area contributed by atoms with Gasteiger partial charge in [-0.2, -0.15) is 0 Å². The van der Waals surface area contributed by atoms with E-state index in [-0.39, 0.29) is 18.4 Å².